The Balaban J connectivity index is 1.30. The number of thiocarbonyl (C=S) groups is 1. The topological polar surface area (TPSA) is 56.3 Å². The molecule has 6 nitrogen and oxygen atoms in total. The molecule has 2 N–H and O–H groups in total. The van der Waals surface area contributed by atoms with Crippen molar-refractivity contribution in [2.45, 2.75) is 69.6 Å². The molecule has 2 saturated heterocycles. The summed E-state index contributed by atoms with van der Waals surface area (Å²) in [6.45, 7) is 5.11. The first-order chi connectivity index (χ1) is 16.7. The molecule has 2 aliphatic heterocycles. The molecule has 2 aromatic rings. The van der Waals surface area contributed by atoms with Crippen LogP contribution in [0.5, 0.6) is 0 Å². The van der Waals surface area contributed by atoms with Crippen LogP contribution in [-0.4, -0.2) is 47.8 Å². The lowest BCUT2D eigenvalue weighted by atomic mass is 9.79. The predicted octanol–water partition coefficient (Wildman–Crippen LogP) is 5.26. The molecule has 3 heterocycles. The Morgan fingerprint density at radius 2 is 1.35 bits per heavy atom. The molecule has 0 amide bonds. The fourth-order valence-electron chi connectivity index (χ4n) is 5.85. The van der Waals surface area contributed by atoms with Crippen molar-refractivity contribution in [1.29, 1.82) is 0 Å². The molecule has 0 radical (unpaired) electrons. The molecule has 1 aromatic heterocycles. The van der Waals surface area contributed by atoms with Gasteiger partial charge in [-0.2, -0.15) is 9.97 Å². The summed E-state index contributed by atoms with van der Waals surface area (Å²) in [5.41, 5.74) is 1.57. The minimum atomic E-state index is 0.155. The standard InChI is InChI=1S/C27H38N6S/c34-26(28-21-27(14-6-7-15-27)22-12-4-1-5-13-22)31-25-29-23(32-16-8-2-9-17-32)20-24(30-25)33-18-10-3-11-19-33/h1,4-5,12-13,20H,2-3,6-11,14-19,21H2,(H2,28,29,30,31,34). The Morgan fingerprint density at radius 3 is 1.91 bits per heavy atom. The SMILES string of the molecule is S=C(NCC1(c2ccccc2)CCCC1)Nc1nc(N2CCCCC2)cc(N2CCCCC2)n1. The lowest BCUT2D eigenvalue weighted by Gasteiger charge is -2.32. The van der Waals surface area contributed by atoms with Crippen molar-refractivity contribution >= 4 is 34.9 Å². The second-order valence-corrected chi connectivity index (χ2v) is 10.6. The number of piperidine rings is 2. The van der Waals surface area contributed by atoms with E-state index in [0.29, 0.717) is 11.1 Å². The van der Waals surface area contributed by atoms with E-state index in [1.165, 1.54) is 69.8 Å². The molecule has 3 fully saturated rings. The van der Waals surface area contributed by atoms with Gasteiger partial charge >= 0.3 is 0 Å². The molecule has 1 aliphatic carbocycles. The molecule has 0 atom stereocenters. The van der Waals surface area contributed by atoms with Crippen LogP contribution in [-0.2, 0) is 5.41 Å². The summed E-state index contributed by atoms with van der Waals surface area (Å²) in [4.78, 5) is 14.6. The molecule has 7 heteroatoms. The highest BCUT2D eigenvalue weighted by Crippen LogP contribution is 2.40. The van der Waals surface area contributed by atoms with E-state index >= 15 is 0 Å². The van der Waals surface area contributed by atoms with E-state index in [-0.39, 0.29) is 5.41 Å². The van der Waals surface area contributed by atoms with Gasteiger partial charge in [0.25, 0.3) is 0 Å². The van der Waals surface area contributed by atoms with Gasteiger partial charge in [-0.05, 0) is 69.1 Å². The van der Waals surface area contributed by atoms with Gasteiger partial charge in [0.15, 0.2) is 5.11 Å². The van der Waals surface area contributed by atoms with Gasteiger partial charge in [-0.15, -0.1) is 0 Å². The monoisotopic (exact) mass is 478 g/mol. The van der Waals surface area contributed by atoms with E-state index in [1.807, 2.05) is 0 Å². The molecule has 34 heavy (non-hydrogen) atoms. The molecule has 3 aliphatic rings. The van der Waals surface area contributed by atoms with E-state index in [1.54, 1.807) is 0 Å². The van der Waals surface area contributed by atoms with Crippen LogP contribution >= 0.6 is 12.2 Å². The molecule has 0 unspecified atom stereocenters. The van der Waals surface area contributed by atoms with Gasteiger partial charge in [-0.1, -0.05) is 43.2 Å². The van der Waals surface area contributed by atoms with Gasteiger partial charge in [-0.25, -0.2) is 0 Å². The first kappa shape index (κ1) is 23.3. The van der Waals surface area contributed by atoms with Crippen LogP contribution in [0.1, 0.15) is 69.8 Å². The Morgan fingerprint density at radius 1 is 0.794 bits per heavy atom. The summed E-state index contributed by atoms with van der Waals surface area (Å²) in [6.07, 6.45) is 12.5. The van der Waals surface area contributed by atoms with Gasteiger partial charge in [0.2, 0.25) is 5.95 Å². The predicted molar refractivity (Wildman–Crippen MR) is 145 cm³/mol. The third kappa shape index (κ3) is 5.45. The Kier molecular flexibility index (Phi) is 7.48. The Hall–Kier alpha value is -2.41. The maximum absolute atomic E-state index is 5.74. The highest BCUT2D eigenvalue weighted by atomic mass is 32.1. The van der Waals surface area contributed by atoms with Crippen molar-refractivity contribution in [3.8, 4) is 0 Å². The quantitative estimate of drug-likeness (QED) is 0.550. The fourth-order valence-corrected chi connectivity index (χ4v) is 6.02. The molecule has 1 saturated carbocycles. The highest BCUT2D eigenvalue weighted by Gasteiger charge is 2.35. The van der Waals surface area contributed by atoms with Crippen molar-refractivity contribution in [1.82, 2.24) is 15.3 Å². The van der Waals surface area contributed by atoms with E-state index in [9.17, 15) is 0 Å². The van der Waals surface area contributed by atoms with Gasteiger partial charge < -0.3 is 20.4 Å². The van der Waals surface area contributed by atoms with Crippen molar-refractivity contribution in [2.75, 3.05) is 47.8 Å². The van der Waals surface area contributed by atoms with Crippen LogP contribution < -0.4 is 20.4 Å². The van der Waals surface area contributed by atoms with E-state index in [4.69, 9.17) is 22.2 Å². The summed E-state index contributed by atoms with van der Waals surface area (Å²) in [6, 6.07) is 13.1. The van der Waals surface area contributed by atoms with Gasteiger partial charge in [0, 0.05) is 44.2 Å². The minimum Gasteiger partial charge on any atom is -0.361 e. The van der Waals surface area contributed by atoms with Crippen LogP contribution in [0.3, 0.4) is 0 Å². The highest BCUT2D eigenvalue weighted by molar-refractivity contribution is 7.80. The third-order valence-electron chi connectivity index (χ3n) is 7.82. The second kappa shape index (κ2) is 10.9. The number of nitrogens with one attached hydrogen (secondary N) is 2. The number of hydrogen-bond acceptors (Lipinski definition) is 5. The van der Waals surface area contributed by atoms with Crippen LogP contribution in [0, 0.1) is 0 Å². The van der Waals surface area contributed by atoms with Crippen molar-refractivity contribution in [3.05, 3.63) is 42.0 Å². The normalized spacial score (nSPS) is 20.2. The van der Waals surface area contributed by atoms with Gasteiger partial charge in [0.1, 0.15) is 11.6 Å². The second-order valence-electron chi connectivity index (χ2n) is 10.2. The number of hydrogen-bond donors (Lipinski definition) is 2. The summed E-state index contributed by atoms with van der Waals surface area (Å²) >= 11 is 5.74. The Bertz CT molecular complexity index is 911. The summed E-state index contributed by atoms with van der Waals surface area (Å²) < 4.78 is 0. The molecular formula is C27H38N6S. The first-order valence-electron chi connectivity index (χ1n) is 13.2. The van der Waals surface area contributed by atoms with Crippen LogP contribution in [0.4, 0.5) is 17.6 Å². The smallest absolute Gasteiger partial charge is 0.232 e. The average Bonchev–Trinajstić information content (AvgIpc) is 3.39. The number of aromatic nitrogens is 2. The van der Waals surface area contributed by atoms with Crippen LogP contribution in [0.25, 0.3) is 0 Å². The molecule has 0 spiro atoms. The number of nitrogens with zero attached hydrogens (tertiary/aromatic N) is 4. The molecule has 0 bridgehead atoms. The molecule has 182 valence electrons. The zero-order valence-corrected chi connectivity index (χ0v) is 21.1. The fraction of sp³-hybridized carbons (Fsp3) is 0.593. The summed E-state index contributed by atoms with van der Waals surface area (Å²) in [5, 5.41) is 7.48. The molecule has 5 rings (SSSR count). The van der Waals surface area contributed by atoms with Crippen molar-refractivity contribution in [2.24, 2.45) is 0 Å². The number of rotatable bonds is 6. The summed E-state index contributed by atoms with van der Waals surface area (Å²) in [5.74, 6) is 2.66. The third-order valence-corrected chi connectivity index (χ3v) is 8.07. The maximum Gasteiger partial charge on any atom is 0.232 e. The van der Waals surface area contributed by atoms with E-state index in [0.717, 1.165) is 44.4 Å². The maximum atomic E-state index is 5.74. The zero-order valence-electron chi connectivity index (χ0n) is 20.3. The number of anilines is 3. The van der Waals surface area contributed by atoms with Crippen molar-refractivity contribution in [3.63, 3.8) is 0 Å². The minimum absolute atomic E-state index is 0.155. The van der Waals surface area contributed by atoms with E-state index < -0.39 is 0 Å². The molecular weight excluding hydrogens is 440 g/mol. The van der Waals surface area contributed by atoms with Gasteiger partial charge in [0.05, 0.1) is 0 Å². The largest absolute Gasteiger partial charge is 0.361 e. The lowest BCUT2D eigenvalue weighted by Crippen LogP contribution is -2.41. The average molecular weight is 479 g/mol. The number of benzene rings is 1. The molecule has 1 aromatic carbocycles. The zero-order chi connectivity index (χ0) is 23.2. The van der Waals surface area contributed by atoms with Crippen molar-refractivity contribution < 1.29 is 0 Å². The van der Waals surface area contributed by atoms with Crippen LogP contribution in [0.2, 0.25) is 0 Å². The van der Waals surface area contributed by atoms with E-state index in [2.05, 4.69) is 56.8 Å². The summed E-state index contributed by atoms with van der Waals surface area (Å²) in [7, 11) is 0. The first-order valence-corrected chi connectivity index (χ1v) is 13.6. The van der Waals surface area contributed by atoms with Gasteiger partial charge in [-0.3, -0.25) is 0 Å². The Labute approximate surface area is 209 Å². The van der Waals surface area contributed by atoms with Crippen LogP contribution in [0.15, 0.2) is 36.4 Å². The lowest BCUT2D eigenvalue weighted by molar-refractivity contribution is 0.435.